The number of carbonyl (C=O) groups is 1. The molecule has 0 radical (unpaired) electrons. The first kappa shape index (κ1) is 17.7. The van der Waals surface area contributed by atoms with Crippen molar-refractivity contribution in [3.05, 3.63) is 77.1 Å². The van der Waals surface area contributed by atoms with Crippen LogP contribution in [0, 0.1) is 6.92 Å². The van der Waals surface area contributed by atoms with Crippen LogP contribution in [0.1, 0.15) is 34.2 Å². The highest BCUT2D eigenvalue weighted by molar-refractivity contribution is 7.98. The average Bonchev–Trinajstić information content (AvgIpc) is 3.06. The maximum Gasteiger partial charge on any atom is 0.339 e. The van der Waals surface area contributed by atoms with E-state index in [2.05, 4.69) is 59.5 Å². The van der Waals surface area contributed by atoms with E-state index >= 15 is 0 Å². The third-order valence-corrected chi connectivity index (χ3v) is 6.11. The van der Waals surface area contributed by atoms with Gasteiger partial charge < -0.3 is 14.6 Å². The van der Waals surface area contributed by atoms with Crippen LogP contribution in [0.25, 0.3) is 5.69 Å². The second-order valence-electron chi connectivity index (χ2n) is 6.85. The number of thioether (sulfide) groups is 1. The first-order valence-electron chi connectivity index (χ1n) is 8.83. The van der Waals surface area contributed by atoms with Crippen molar-refractivity contribution < 1.29 is 9.53 Å². The van der Waals surface area contributed by atoms with E-state index in [9.17, 15) is 4.79 Å². The number of nitrogens with one attached hydrogen (secondary N) is 1. The van der Waals surface area contributed by atoms with Crippen molar-refractivity contribution in [3.63, 3.8) is 0 Å². The van der Waals surface area contributed by atoms with Gasteiger partial charge in [0.05, 0.1) is 29.7 Å². The number of rotatable bonds is 3. The predicted octanol–water partition coefficient (Wildman–Crippen LogP) is 4.98. The lowest BCUT2D eigenvalue weighted by molar-refractivity contribution is 0.0600. The molecule has 0 spiro atoms. The van der Waals surface area contributed by atoms with Gasteiger partial charge in [-0.05, 0) is 56.0 Å². The Morgan fingerprint density at radius 1 is 1.15 bits per heavy atom. The maximum atomic E-state index is 12.3. The zero-order chi connectivity index (χ0) is 19.2. The fourth-order valence-corrected chi connectivity index (χ4v) is 4.26. The summed E-state index contributed by atoms with van der Waals surface area (Å²) in [5, 5.41) is 3.70. The maximum absolute atomic E-state index is 12.3. The van der Waals surface area contributed by atoms with E-state index in [0.717, 1.165) is 28.3 Å². The Morgan fingerprint density at radius 3 is 2.52 bits per heavy atom. The summed E-state index contributed by atoms with van der Waals surface area (Å²) in [5.41, 5.74) is 5.26. The lowest BCUT2D eigenvalue weighted by Gasteiger charge is -2.39. The molecule has 27 heavy (non-hydrogen) atoms. The average molecular weight is 378 g/mol. The van der Waals surface area contributed by atoms with E-state index in [4.69, 9.17) is 4.74 Å². The normalized spacial score (nSPS) is 17.6. The Hall–Kier alpha value is -2.66. The number of benzene rings is 2. The molecule has 4 rings (SSSR count). The Balaban J connectivity index is 1.98. The van der Waals surface area contributed by atoms with Crippen LogP contribution in [0.2, 0.25) is 0 Å². The number of carbonyl (C=O) groups excluding carboxylic acids is 1. The van der Waals surface area contributed by atoms with Crippen molar-refractivity contribution in [2.24, 2.45) is 0 Å². The summed E-state index contributed by atoms with van der Waals surface area (Å²) >= 11 is 1.72. The van der Waals surface area contributed by atoms with Crippen LogP contribution in [0.5, 0.6) is 0 Å². The molecular weight excluding hydrogens is 356 g/mol. The molecule has 1 N–H and O–H groups in total. The van der Waals surface area contributed by atoms with Gasteiger partial charge in [-0.2, -0.15) is 0 Å². The fourth-order valence-electron chi connectivity index (χ4n) is 3.85. The van der Waals surface area contributed by atoms with E-state index in [1.807, 2.05) is 25.1 Å². The molecule has 1 aliphatic rings. The number of para-hydroxylation sites is 2. The molecule has 3 aromatic rings. The monoisotopic (exact) mass is 378 g/mol. The summed E-state index contributed by atoms with van der Waals surface area (Å²) in [6.07, 6.45) is 2.07. The summed E-state index contributed by atoms with van der Waals surface area (Å²) < 4.78 is 7.18. The zero-order valence-corrected chi connectivity index (χ0v) is 16.7. The molecular formula is C22H22N2O2S. The molecule has 0 bridgehead atoms. The lowest BCUT2D eigenvalue weighted by atomic mass is 9.86. The third kappa shape index (κ3) is 2.65. The predicted molar refractivity (Wildman–Crippen MR) is 110 cm³/mol. The van der Waals surface area contributed by atoms with Gasteiger partial charge in [-0.3, -0.25) is 0 Å². The summed E-state index contributed by atoms with van der Waals surface area (Å²) in [5.74, 6) is -0.313. The van der Waals surface area contributed by atoms with Crippen LogP contribution >= 0.6 is 11.8 Å². The Morgan fingerprint density at radius 2 is 1.85 bits per heavy atom. The molecule has 4 nitrogen and oxygen atoms in total. The number of nitrogens with zero attached hydrogens (tertiary/aromatic N) is 1. The molecule has 2 aromatic carbocycles. The van der Waals surface area contributed by atoms with Crippen molar-refractivity contribution in [3.8, 4) is 5.69 Å². The molecule has 1 aromatic heterocycles. The molecule has 0 fully saturated rings. The first-order chi connectivity index (χ1) is 13.0. The molecule has 0 amide bonds. The highest BCUT2D eigenvalue weighted by Gasteiger charge is 2.39. The van der Waals surface area contributed by atoms with Gasteiger partial charge in [0.25, 0.3) is 0 Å². The minimum absolute atomic E-state index is 0.313. The molecule has 138 valence electrons. The van der Waals surface area contributed by atoms with E-state index in [1.54, 1.807) is 11.8 Å². The van der Waals surface area contributed by atoms with Gasteiger partial charge in [0.2, 0.25) is 0 Å². The van der Waals surface area contributed by atoms with Crippen molar-refractivity contribution in [1.82, 2.24) is 4.57 Å². The smallest absolute Gasteiger partial charge is 0.339 e. The SMILES string of the molecule is COC(=O)c1cc2n(c1C)-c1ccccc1NC2(C)c1ccc(SC)cc1. The number of anilines is 1. The standard InChI is InChI=1S/C22H22N2O2S/c1-14-17(21(25)26-3)13-20-22(2,15-9-11-16(27-4)12-10-15)23-18-7-5-6-8-19(18)24(14)20/h5-13,23H,1-4H3. The largest absolute Gasteiger partial charge is 0.465 e. The summed E-state index contributed by atoms with van der Waals surface area (Å²) in [4.78, 5) is 13.6. The molecule has 2 heterocycles. The minimum atomic E-state index is -0.470. The van der Waals surface area contributed by atoms with Gasteiger partial charge in [-0.25, -0.2) is 4.79 Å². The molecule has 5 heteroatoms. The fraction of sp³-hybridized carbons (Fsp3) is 0.227. The third-order valence-electron chi connectivity index (χ3n) is 5.36. The van der Waals surface area contributed by atoms with Crippen LogP contribution in [0.4, 0.5) is 5.69 Å². The van der Waals surface area contributed by atoms with Crippen molar-refractivity contribution in [2.75, 3.05) is 18.7 Å². The van der Waals surface area contributed by atoms with E-state index in [1.165, 1.54) is 12.0 Å². The van der Waals surface area contributed by atoms with E-state index in [-0.39, 0.29) is 5.97 Å². The van der Waals surface area contributed by atoms with Crippen LogP contribution in [-0.4, -0.2) is 23.9 Å². The molecule has 0 aliphatic carbocycles. The number of fused-ring (bicyclic) bond motifs is 3. The molecule has 1 atom stereocenters. The topological polar surface area (TPSA) is 43.3 Å². The number of aromatic nitrogens is 1. The van der Waals surface area contributed by atoms with Gasteiger partial charge in [0.15, 0.2) is 0 Å². The number of ether oxygens (including phenoxy) is 1. The van der Waals surface area contributed by atoms with Crippen molar-refractivity contribution >= 4 is 23.4 Å². The summed E-state index contributed by atoms with van der Waals surface area (Å²) in [6.45, 7) is 4.12. The second-order valence-corrected chi connectivity index (χ2v) is 7.73. The number of hydrogen-bond acceptors (Lipinski definition) is 4. The van der Waals surface area contributed by atoms with Crippen LogP contribution < -0.4 is 5.32 Å². The van der Waals surface area contributed by atoms with Crippen LogP contribution in [-0.2, 0) is 10.3 Å². The highest BCUT2D eigenvalue weighted by atomic mass is 32.2. The quantitative estimate of drug-likeness (QED) is 0.515. The molecule has 1 unspecified atom stereocenters. The van der Waals surface area contributed by atoms with E-state index < -0.39 is 5.54 Å². The Labute approximate surface area is 163 Å². The number of methoxy groups -OCH3 is 1. The van der Waals surface area contributed by atoms with Crippen molar-refractivity contribution in [2.45, 2.75) is 24.3 Å². The Bertz CT molecular complexity index is 1020. The summed E-state index contributed by atoms with van der Waals surface area (Å²) in [6, 6.07) is 18.7. The van der Waals surface area contributed by atoms with Crippen molar-refractivity contribution in [1.29, 1.82) is 0 Å². The lowest BCUT2D eigenvalue weighted by Crippen LogP contribution is -2.39. The number of hydrogen-bond donors (Lipinski definition) is 1. The Kier molecular flexibility index (Phi) is 4.27. The van der Waals surface area contributed by atoms with Gasteiger partial charge in [0.1, 0.15) is 5.54 Å². The van der Waals surface area contributed by atoms with Gasteiger partial charge >= 0.3 is 5.97 Å². The summed E-state index contributed by atoms with van der Waals surface area (Å²) in [7, 11) is 1.42. The van der Waals surface area contributed by atoms with E-state index in [0.29, 0.717) is 5.56 Å². The van der Waals surface area contributed by atoms with Gasteiger partial charge in [-0.1, -0.05) is 24.3 Å². The van der Waals surface area contributed by atoms with Gasteiger partial charge in [0, 0.05) is 10.6 Å². The molecule has 1 aliphatic heterocycles. The number of esters is 1. The van der Waals surface area contributed by atoms with Crippen LogP contribution in [0.15, 0.2) is 59.5 Å². The van der Waals surface area contributed by atoms with Gasteiger partial charge in [-0.15, -0.1) is 11.8 Å². The zero-order valence-electron chi connectivity index (χ0n) is 15.9. The first-order valence-corrected chi connectivity index (χ1v) is 10.1. The second kappa shape index (κ2) is 6.50. The minimum Gasteiger partial charge on any atom is -0.465 e. The highest BCUT2D eigenvalue weighted by Crippen LogP contribution is 2.43. The molecule has 0 saturated heterocycles. The van der Waals surface area contributed by atoms with Crippen LogP contribution in [0.3, 0.4) is 0 Å². The molecule has 0 saturated carbocycles.